The number of amides is 2. The molecule has 0 saturated carbocycles. The van der Waals surface area contributed by atoms with Gasteiger partial charge in [-0.05, 0) is 55.8 Å². The van der Waals surface area contributed by atoms with Crippen LogP contribution in [0.4, 0.5) is 5.69 Å². The van der Waals surface area contributed by atoms with Gasteiger partial charge in [0.2, 0.25) is 5.91 Å². The highest BCUT2D eigenvalue weighted by molar-refractivity contribution is 6.31. The molecule has 5 nitrogen and oxygen atoms in total. The first-order valence-electron chi connectivity index (χ1n) is 7.50. The molecule has 0 saturated heterocycles. The number of nitrogens with zero attached hydrogens (tertiary/aromatic N) is 1. The third kappa shape index (κ3) is 5.89. The van der Waals surface area contributed by atoms with Gasteiger partial charge in [-0.25, -0.2) is 5.43 Å². The van der Waals surface area contributed by atoms with E-state index in [9.17, 15) is 9.59 Å². The fourth-order valence-electron chi connectivity index (χ4n) is 2.01. The molecule has 0 fully saturated rings. The number of carbonyl (C=O) groups excluding carboxylic acids is 2. The molecule has 0 spiro atoms. The fraction of sp³-hybridized carbons (Fsp3) is 0.167. The minimum atomic E-state index is -0.373. The number of rotatable bonds is 5. The van der Waals surface area contributed by atoms with E-state index in [1.165, 1.54) is 0 Å². The van der Waals surface area contributed by atoms with Gasteiger partial charge in [-0.1, -0.05) is 29.3 Å². The van der Waals surface area contributed by atoms with Crippen LogP contribution in [0.25, 0.3) is 0 Å². The molecule has 0 aliphatic carbocycles. The Labute approximate surface area is 156 Å². The van der Waals surface area contributed by atoms with Crippen LogP contribution in [-0.4, -0.2) is 17.5 Å². The third-order valence-electron chi connectivity index (χ3n) is 3.34. The molecule has 2 N–H and O–H groups in total. The first-order chi connectivity index (χ1) is 11.8. The van der Waals surface area contributed by atoms with Gasteiger partial charge in [0.15, 0.2) is 0 Å². The molecule has 0 atom stereocenters. The maximum Gasteiger partial charge on any atom is 0.271 e. The molecule has 0 aliphatic heterocycles. The van der Waals surface area contributed by atoms with Gasteiger partial charge in [0.05, 0.1) is 6.42 Å². The Morgan fingerprint density at radius 2 is 1.68 bits per heavy atom. The van der Waals surface area contributed by atoms with Gasteiger partial charge in [0.1, 0.15) is 0 Å². The largest absolute Gasteiger partial charge is 0.325 e. The highest BCUT2D eigenvalue weighted by Gasteiger charge is 2.08. The zero-order chi connectivity index (χ0) is 18.4. The fourth-order valence-corrected chi connectivity index (χ4v) is 2.31. The predicted octanol–water partition coefficient (Wildman–Crippen LogP) is 4.44. The summed E-state index contributed by atoms with van der Waals surface area (Å²) in [6.45, 7) is 3.53. The molecule has 0 aromatic heterocycles. The van der Waals surface area contributed by atoms with Crippen molar-refractivity contribution in [1.82, 2.24) is 5.43 Å². The quantitative estimate of drug-likeness (QED) is 0.597. The first-order valence-corrected chi connectivity index (χ1v) is 8.26. The lowest BCUT2D eigenvalue weighted by Gasteiger charge is -2.09. The summed E-state index contributed by atoms with van der Waals surface area (Å²) < 4.78 is 0. The van der Waals surface area contributed by atoms with Crippen LogP contribution in [0, 0.1) is 6.92 Å². The van der Waals surface area contributed by atoms with E-state index in [0.29, 0.717) is 27.0 Å². The van der Waals surface area contributed by atoms with E-state index in [-0.39, 0.29) is 18.2 Å². The molecule has 2 rings (SSSR count). The van der Waals surface area contributed by atoms with Gasteiger partial charge in [0.25, 0.3) is 5.91 Å². The van der Waals surface area contributed by atoms with Gasteiger partial charge in [0, 0.05) is 27.0 Å². The zero-order valence-corrected chi connectivity index (χ0v) is 15.3. The first kappa shape index (κ1) is 19.0. The van der Waals surface area contributed by atoms with E-state index in [2.05, 4.69) is 15.8 Å². The van der Waals surface area contributed by atoms with Crippen LogP contribution >= 0.6 is 23.2 Å². The van der Waals surface area contributed by atoms with Crippen molar-refractivity contribution in [2.24, 2.45) is 5.10 Å². The number of benzene rings is 2. The summed E-state index contributed by atoms with van der Waals surface area (Å²) in [4.78, 5) is 24.0. The Hall–Kier alpha value is -2.37. The smallest absolute Gasteiger partial charge is 0.271 e. The van der Waals surface area contributed by atoms with Crippen LogP contribution in [0.3, 0.4) is 0 Å². The van der Waals surface area contributed by atoms with Crippen LogP contribution in [0.5, 0.6) is 0 Å². The van der Waals surface area contributed by atoms with Crippen LogP contribution in [0.15, 0.2) is 47.6 Å². The number of hydrazone groups is 1. The molecule has 0 bridgehead atoms. The summed E-state index contributed by atoms with van der Waals surface area (Å²) in [6.07, 6.45) is 0.0485. The van der Waals surface area contributed by atoms with Crippen LogP contribution in [-0.2, 0) is 4.79 Å². The van der Waals surface area contributed by atoms with E-state index in [0.717, 1.165) is 5.56 Å². The summed E-state index contributed by atoms with van der Waals surface area (Å²) in [5, 5.41) is 7.81. The Bertz CT molecular complexity index is 818. The second kappa shape index (κ2) is 8.65. The van der Waals surface area contributed by atoms with Gasteiger partial charge < -0.3 is 5.32 Å². The zero-order valence-electron chi connectivity index (χ0n) is 13.8. The second-order valence-electron chi connectivity index (χ2n) is 5.48. The van der Waals surface area contributed by atoms with Crippen molar-refractivity contribution in [3.63, 3.8) is 0 Å². The number of nitrogens with one attached hydrogen (secondary N) is 2. The normalized spacial score (nSPS) is 11.1. The molecule has 25 heavy (non-hydrogen) atoms. The van der Waals surface area contributed by atoms with E-state index in [1.807, 2.05) is 13.0 Å². The van der Waals surface area contributed by atoms with Gasteiger partial charge in [-0.2, -0.15) is 5.10 Å². The molecule has 2 amide bonds. The molecule has 130 valence electrons. The molecule has 0 radical (unpaired) electrons. The monoisotopic (exact) mass is 377 g/mol. The van der Waals surface area contributed by atoms with Crippen molar-refractivity contribution in [2.45, 2.75) is 20.3 Å². The molecule has 7 heteroatoms. The maximum atomic E-state index is 12.1. The summed E-state index contributed by atoms with van der Waals surface area (Å²) in [6, 6.07) is 11.7. The Balaban J connectivity index is 1.91. The summed E-state index contributed by atoms with van der Waals surface area (Å²) >= 11 is 11.7. The lowest BCUT2D eigenvalue weighted by atomic mass is 10.2. The van der Waals surface area contributed by atoms with Gasteiger partial charge >= 0.3 is 0 Å². The van der Waals surface area contributed by atoms with Crippen LogP contribution in [0.2, 0.25) is 10.0 Å². The topological polar surface area (TPSA) is 70.6 Å². The van der Waals surface area contributed by atoms with E-state index in [1.54, 1.807) is 43.3 Å². The summed E-state index contributed by atoms with van der Waals surface area (Å²) in [5.74, 6) is -0.616. The number of halogens is 2. The van der Waals surface area contributed by atoms with Crippen molar-refractivity contribution in [1.29, 1.82) is 0 Å². The predicted molar refractivity (Wildman–Crippen MR) is 101 cm³/mol. The van der Waals surface area contributed by atoms with Crippen LogP contribution in [0.1, 0.15) is 29.3 Å². The maximum absolute atomic E-state index is 12.1. The number of hydrogen-bond donors (Lipinski definition) is 2. The summed E-state index contributed by atoms with van der Waals surface area (Å²) in [5.41, 5.74) is 4.87. The van der Waals surface area contributed by atoms with Crippen molar-refractivity contribution < 1.29 is 9.59 Å². The second-order valence-corrected chi connectivity index (χ2v) is 6.35. The third-order valence-corrected chi connectivity index (χ3v) is 3.83. The minimum Gasteiger partial charge on any atom is -0.325 e. The van der Waals surface area contributed by atoms with E-state index >= 15 is 0 Å². The van der Waals surface area contributed by atoms with Crippen molar-refractivity contribution in [3.8, 4) is 0 Å². The molecular weight excluding hydrogens is 361 g/mol. The SMILES string of the molecule is C/C(CC(=O)Nc1cc(Cl)ccc1C)=N/NC(=O)c1ccc(Cl)cc1. The van der Waals surface area contributed by atoms with Gasteiger partial charge in [-0.3, -0.25) is 9.59 Å². The average molecular weight is 378 g/mol. The lowest BCUT2D eigenvalue weighted by Crippen LogP contribution is -2.21. The van der Waals surface area contributed by atoms with Crippen molar-refractivity contribution in [2.75, 3.05) is 5.32 Å². The number of hydrogen-bond acceptors (Lipinski definition) is 3. The number of carbonyl (C=O) groups is 2. The lowest BCUT2D eigenvalue weighted by molar-refractivity contribution is -0.115. The van der Waals surface area contributed by atoms with Crippen LogP contribution < -0.4 is 10.7 Å². The van der Waals surface area contributed by atoms with E-state index in [4.69, 9.17) is 23.2 Å². The Morgan fingerprint density at radius 3 is 2.36 bits per heavy atom. The molecule has 2 aromatic rings. The highest BCUT2D eigenvalue weighted by Crippen LogP contribution is 2.20. The van der Waals surface area contributed by atoms with E-state index < -0.39 is 0 Å². The molecule has 0 unspecified atom stereocenters. The van der Waals surface area contributed by atoms with Crippen molar-refractivity contribution in [3.05, 3.63) is 63.6 Å². The van der Waals surface area contributed by atoms with Crippen molar-refractivity contribution >= 4 is 46.4 Å². The number of aryl methyl sites for hydroxylation is 1. The molecule has 0 heterocycles. The Morgan fingerprint density at radius 1 is 1.04 bits per heavy atom. The summed E-state index contributed by atoms with van der Waals surface area (Å²) in [7, 11) is 0. The number of anilines is 1. The average Bonchev–Trinajstić information content (AvgIpc) is 2.56. The highest BCUT2D eigenvalue weighted by atomic mass is 35.5. The van der Waals surface area contributed by atoms with Gasteiger partial charge in [-0.15, -0.1) is 0 Å². The minimum absolute atomic E-state index is 0.0485. The molecule has 2 aromatic carbocycles. The molecular formula is C18H17Cl2N3O2. The molecule has 0 aliphatic rings. The Kier molecular flexibility index (Phi) is 6.56. The standard InChI is InChI=1S/C18H17Cl2N3O2/c1-11-3-6-15(20)10-16(11)21-17(24)9-12(2)22-23-18(25)13-4-7-14(19)8-5-13/h3-8,10H,9H2,1-2H3,(H,21,24)(H,23,25)/b22-12-.